The molecule has 0 aromatic carbocycles. The molecule has 1 aromatic heterocycles. The zero-order chi connectivity index (χ0) is 15.5. The summed E-state index contributed by atoms with van der Waals surface area (Å²) in [6.45, 7) is 6.85. The number of nitrogens with zero attached hydrogens (tertiary/aromatic N) is 1. The summed E-state index contributed by atoms with van der Waals surface area (Å²) in [5, 5.41) is 18.3. The van der Waals surface area contributed by atoms with E-state index in [0.29, 0.717) is 6.54 Å². The molecule has 0 aliphatic heterocycles. The molecule has 1 fully saturated rings. The highest BCUT2D eigenvalue weighted by Gasteiger charge is 2.21. The quantitative estimate of drug-likeness (QED) is 0.803. The molecule has 0 saturated heterocycles. The fourth-order valence-electron chi connectivity index (χ4n) is 2.36. The van der Waals surface area contributed by atoms with Crippen molar-refractivity contribution in [2.75, 3.05) is 0 Å². The minimum atomic E-state index is -0.197. The third-order valence-corrected chi connectivity index (χ3v) is 4.97. The molecule has 118 valence electrons. The molecule has 21 heavy (non-hydrogen) atoms. The van der Waals surface area contributed by atoms with Gasteiger partial charge in [-0.2, -0.15) is 0 Å². The highest BCUT2D eigenvalue weighted by atomic mass is 32.1. The van der Waals surface area contributed by atoms with Crippen LogP contribution in [0.5, 0.6) is 0 Å². The Morgan fingerprint density at radius 1 is 1.38 bits per heavy atom. The van der Waals surface area contributed by atoms with E-state index in [1.807, 2.05) is 5.38 Å². The Balaban J connectivity index is 1.75. The standard InChI is InChI=1S/C15H25N3O2S/c1-15(2,3)13-17-11(9-21-13)8-16-14(20)18-10-4-6-12(19)7-5-10/h9-10,12,19H,4-8H2,1-3H3,(H2,16,18,20). The Bertz CT molecular complexity index is 474. The first kappa shape index (κ1) is 16.2. The summed E-state index contributed by atoms with van der Waals surface area (Å²) in [6, 6.07) is 0.0238. The minimum Gasteiger partial charge on any atom is -0.393 e. The molecule has 1 aliphatic rings. The Hall–Kier alpha value is -1.14. The summed E-state index contributed by atoms with van der Waals surface area (Å²) >= 11 is 1.63. The average Bonchev–Trinajstić information content (AvgIpc) is 2.88. The summed E-state index contributed by atoms with van der Waals surface area (Å²) in [5.41, 5.74) is 0.952. The van der Waals surface area contributed by atoms with Crippen molar-refractivity contribution in [2.24, 2.45) is 0 Å². The van der Waals surface area contributed by atoms with Crippen molar-refractivity contribution in [1.82, 2.24) is 15.6 Å². The number of hydrogen-bond donors (Lipinski definition) is 3. The van der Waals surface area contributed by atoms with Gasteiger partial charge in [0.05, 0.1) is 23.4 Å². The maximum absolute atomic E-state index is 11.9. The second-order valence-electron chi connectivity index (χ2n) is 6.73. The molecule has 0 bridgehead atoms. The average molecular weight is 311 g/mol. The van der Waals surface area contributed by atoms with Gasteiger partial charge in [0.1, 0.15) is 0 Å². The van der Waals surface area contributed by atoms with Crippen LogP contribution in [0.25, 0.3) is 0 Å². The maximum atomic E-state index is 11.9. The predicted octanol–water partition coefficient (Wildman–Crippen LogP) is 2.54. The molecular weight excluding hydrogens is 286 g/mol. The number of aromatic nitrogens is 1. The second kappa shape index (κ2) is 6.75. The molecule has 0 unspecified atom stereocenters. The third-order valence-electron chi connectivity index (χ3n) is 3.66. The molecule has 2 rings (SSSR count). The number of rotatable bonds is 3. The number of carbonyl (C=O) groups excluding carboxylic acids is 1. The molecule has 1 aliphatic carbocycles. The summed E-state index contributed by atoms with van der Waals surface area (Å²) in [4.78, 5) is 16.4. The van der Waals surface area contributed by atoms with Gasteiger partial charge in [0.2, 0.25) is 0 Å². The molecule has 1 heterocycles. The van der Waals surface area contributed by atoms with E-state index in [0.717, 1.165) is 36.4 Å². The molecule has 0 spiro atoms. The summed E-state index contributed by atoms with van der Waals surface area (Å²) in [6.07, 6.45) is 3.04. The first-order chi connectivity index (χ1) is 9.84. The van der Waals surface area contributed by atoms with Gasteiger partial charge in [-0.3, -0.25) is 0 Å². The molecule has 3 N–H and O–H groups in total. The lowest BCUT2D eigenvalue weighted by molar-refractivity contribution is 0.117. The minimum absolute atomic E-state index is 0.0497. The van der Waals surface area contributed by atoms with E-state index in [9.17, 15) is 9.90 Å². The van der Waals surface area contributed by atoms with Crippen LogP contribution in [-0.2, 0) is 12.0 Å². The summed E-state index contributed by atoms with van der Waals surface area (Å²) in [7, 11) is 0. The third kappa shape index (κ3) is 4.97. The Kier molecular flexibility index (Phi) is 5.22. The van der Waals surface area contributed by atoms with Gasteiger partial charge in [0.15, 0.2) is 0 Å². The van der Waals surface area contributed by atoms with E-state index in [1.54, 1.807) is 11.3 Å². The number of hydrogen-bond acceptors (Lipinski definition) is 4. The second-order valence-corrected chi connectivity index (χ2v) is 7.58. The van der Waals surface area contributed by atoms with Crippen LogP contribution in [0, 0.1) is 0 Å². The van der Waals surface area contributed by atoms with E-state index < -0.39 is 0 Å². The zero-order valence-corrected chi connectivity index (χ0v) is 13.8. The van der Waals surface area contributed by atoms with E-state index in [2.05, 4.69) is 36.4 Å². The van der Waals surface area contributed by atoms with Gasteiger partial charge >= 0.3 is 6.03 Å². The molecule has 0 atom stereocenters. The van der Waals surface area contributed by atoms with Gasteiger partial charge < -0.3 is 15.7 Å². The van der Waals surface area contributed by atoms with Gasteiger partial charge in [-0.1, -0.05) is 20.8 Å². The van der Waals surface area contributed by atoms with E-state index in [-0.39, 0.29) is 23.6 Å². The molecule has 6 heteroatoms. The lowest BCUT2D eigenvalue weighted by Gasteiger charge is -2.26. The number of aliphatic hydroxyl groups excluding tert-OH is 1. The van der Waals surface area contributed by atoms with Gasteiger partial charge in [0, 0.05) is 16.8 Å². The molecule has 0 radical (unpaired) electrons. The Morgan fingerprint density at radius 2 is 2.05 bits per heavy atom. The van der Waals surface area contributed by atoms with Gasteiger partial charge in [-0.25, -0.2) is 9.78 Å². The molecular formula is C15H25N3O2S. The normalized spacial score (nSPS) is 22.9. The van der Waals surface area contributed by atoms with Crippen molar-refractivity contribution in [3.05, 3.63) is 16.1 Å². The Labute approximate surface area is 130 Å². The highest BCUT2D eigenvalue weighted by Crippen LogP contribution is 2.25. The monoisotopic (exact) mass is 311 g/mol. The predicted molar refractivity (Wildman–Crippen MR) is 84.4 cm³/mol. The largest absolute Gasteiger partial charge is 0.393 e. The Morgan fingerprint density at radius 3 is 2.62 bits per heavy atom. The first-order valence-corrected chi connectivity index (χ1v) is 8.40. The highest BCUT2D eigenvalue weighted by molar-refractivity contribution is 7.09. The summed E-state index contributed by atoms with van der Waals surface area (Å²) in [5.74, 6) is 0. The fraction of sp³-hybridized carbons (Fsp3) is 0.733. The number of urea groups is 1. The van der Waals surface area contributed by atoms with Crippen molar-refractivity contribution >= 4 is 17.4 Å². The number of aliphatic hydroxyl groups is 1. The number of thiazole rings is 1. The fourth-order valence-corrected chi connectivity index (χ4v) is 3.27. The number of carbonyl (C=O) groups is 1. The van der Waals surface area contributed by atoms with Crippen LogP contribution < -0.4 is 10.6 Å². The van der Waals surface area contributed by atoms with Gasteiger partial charge in [0.25, 0.3) is 0 Å². The lowest BCUT2D eigenvalue weighted by Crippen LogP contribution is -2.43. The van der Waals surface area contributed by atoms with Crippen molar-refractivity contribution in [3.63, 3.8) is 0 Å². The van der Waals surface area contributed by atoms with Crippen LogP contribution in [-0.4, -0.2) is 28.3 Å². The van der Waals surface area contributed by atoms with Crippen molar-refractivity contribution in [1.29, 1.82) is 0 Å². The maximum Gasteiger partial charge on any atom is 0.315 e. The van der Waals surface area contributed by atoms with Crippen LogP contribution >= 0.6 is 11.3 Å². The smallest absolute Gasteiger partial charge is 0.315 e. The van der Waals surface area contributed by atoms with Crippen LogP contribution in [0.4, 0.5) is 4.79 Å². The number of amides is 2. The van der Waals surface area contributed by atoms with E-state index in [4.69, 9.17) is 0 Å². The van der Waals surface area contributed by atoms with Crippen molar-refractivity contribution < 1.29 is 9.90 Å². The van der Waals surface area contributed by atoms with Gasteiger partial charge in [-0.15, -0.1) is 11.3 Å². The molecule has 1 saturated carbocycles. The van der Waals surface area contributed by atoms with E-state index in [1.165, 1.54) is 0 Å². The van der Waals surface area contributed by atoms with Crippen molar-refractivity contribution in [3.8, 4) is 0 Å². The number of nitrogens with one attached hydrogen (secondary N) is 2. The topological polar surface area (TPSA) is 74.2 Å². The van der Waals surface area contributed by atoms with Crippen molar-refractivity contribution in [2.45, 2.75) is 70.6 Å². The molecule has 5 nitrogen and oxygen atoms in total. The molecule has 1 aromatic rings. The SMILES string of the molecule is CC(C)(C)c1nc(CNC(=O)NC2CCC(O)CC2)cs1. The first-order valence-electron chi connectivity index (χ1n) is 7.52. The summed E-state index contributed by atoms with van der Waals surface area (Å²) < 4.78 is 0. The van der Waals surface area contributed by atoms with Gasteiger partial charge in [-0.05, 0) is 25.7 Å². The van der Waals surface area contributed by atoms with Crippen LogP contribution in [0.15, 0.2) is 5.38 Å². The van der Waals surface area contributed by atoms with Crippen LogP contribution in [0.1, 0.15) is 57.2 Å². The van der Waals surface area contributed by atoms with E-state index >= 15 is 0 Å². The van der Waals surface area contributed by atoms with Crippen LogP contribution in [0.3, 0.4) is 0 Å². The molecule has 2 amide bonds. The lowest BCUT2D eigenvalue weighted by atomic mass is 9.93. The zero-order valence-electron chi connectivity index (χ0n) is 13.0. The van der Waals surface area contributed by atoms with Crippen LogP contribution in [0.2, 0.25) is 0 Å².